The molecule has 1 aromatic rings. The minimum Gasteiger partial charge on any atom is -0.261 e. The molecule has 0 saturated carbocycles. The van der Waals surface area contributed by atoms with E-state index in [1.54, 1.807) is 0 Å². The topological polar surface area (TPSA) is 12.4 Å². The second-order valence-electron chi connectivity index (χ2n) is 4.60. The lowest BCUT2D eigenvalue weighted by atomic mass is 9.92. The van der Waals surface area contributed by atoms with Gasteiger partial charge < -0.3 is 0 Å². The van der Waals surface area contributed by atoms with Gasteiger partial charge in [0.25, 0.3) is 0 Å². The van der Waals surface area contributed by atoms with Gasteiger partial charge in [0.2, 0.25) is 0 Å². The van der Waals surface area contributed by atoms with E-state index in [-0.39, 0.29) is 0 Å². The van der Waals surface area contributed by atoms with Gasteiger partial charge in [-0.1, -0.05) is 37.3 Å². The van der Waals surface area contributed by atoms with E-state index in [9.17, 15) is 0 Å². The summed E-state index contributed by atoms with van der Waals surface area (Å²) in [5.74, 6) is 0. The largest absolute Gasteiger partial charge is 0.261 e. The Bertz CT molecular complexity index is 504. The predicted molar refractivity (Wildman–Crippen MR) is 82.7 cm³/mol. The molecule has 0 saturated heterocycles. The summed E-state index contributed by atoms with van der Waals surface area (Å²) >= 11 is 0. The van der Waals surface area contributed by atoms with Crippen molar-refractivity contribution < 1.29 is 0 Å². The Morgan fingerprint density at radius 3 is 2.50 bits per heavy atom. The molecule has 0 radical (unpaired) electrons. The lowest BCUT2D eigenvalue weighted by molar-refractivity contribution is 1.19. The van der Waals surface area contributed by atoms with Crippen molar-refractivity contribution in [3.05, 3.63) is 47.1 Å². The molecule has 1 aromatic carbocycles. The number of benzene rings is 1. The monoisotopic (exact) mass is 241 g/mol. The fourth-order valence-corrected chi connectivity index (χ4v) is 2.12. The normalized spacial score (nSPS) is 12.7. The highest BCUT2D eigenvalue weighted by atomic mass is 14.7. The summed E-state index contributed by atoms with van der Waals surface area (Å²) in [7, 11) is 0. The zero-order chi connectivity index (χ0) is 13.7. The molecule has 0 spiro atoms. The van der Waals surface area contributed by atoms with E-state index >= 15 is 0 Å². The summed E-state index contributed by atoms with van der Waals surface area (Å²) in [5.41, 5.74) is 7.27. The Labute approximate surface area is 111 Å². The number of rotatable bonds is 4. The van der Waals surface area contributed by atoms with Crippen LogP contribution in [-0.4, -0.2) is 6.21 Å². The van der Waals surface area contributed by atoms with Gasteiger partial charge in [0.05, 0.1) is 5.69 Å². The molecule has 0 amide bonds. The van der Waals surface area contributed by atoms with Crippen molar-refractivity contribution in [3.63, 3.8) is 0 Å². The standard InChI is InChI=1S/C17H23N/c1-7-15(14(6)12(3)4)16-11-9-10-13(5)17(16)18-8-2/h8-11H,3,7H2,1-2,4-6H3/b15-14-,18-8?. The first-order chi connectivity index (χ1) is 8.52. The van der Waals surface area contributed by atoms with Gasteiger partial charge in [0, 0.05) is 11.8 Å². The molecule has 1 rings (SSSR count). The first kappa shape index (κ1) is 14.4. The third-order valence-corrected chi connectivity index (χ3v) is 3.27. The van der Waals surface area contributed by atoms with Crippen LogP contribution < -0.4 is 0 Å². The highest BCUT2D eigenvalue weighted by Gasteiger charge is 2.10. The number of nitrogens with zero attached hydrogens (tertiary/aromatic N) is 1. The van der Waals surface area contributed by atoms with Gasteiger partial charge in [0.1, 0.15) is 0 Å². The van der Waals surface area contributed by atoms with E-state index < -0.39 is 0 Å². The first-order valence-corrected chi connectivity index (χ1v) is 6.47. The molecule has 0 aliphatic carbocycles. The van der Waals surface area contributed by atoms with Crippen molar-refractivity contribution in [1.82, 2.24) is 0 Å². The van der Waals surface area contributed by atoms with Gasteiger partial charge in [-0.3, -0.25) is 4.99 Å². The van der Waals surface area contributed by atoms with E-state index in [0.717, 1.165) is 17.7 Å². The molecule has 0 atom stereocenters. The van der Waals surface area contributed by atoms with Crippen LogP contribution in [0.15, 0.2) is 40.9 Å². The summed E-state index contributed by atoms with van der Waals surface area (Å²) in [5, 5.41) is 0. The SMILES string of the molecule is C=C(C)/C(C)=C(/CC)c1cccc(C)c1N=CC. The zero-order valence-electron chi connectivity index (χ0n) is 12.2. The van der Waals surface area contributed by atoms with E-state index in [4.69, 9.17) is 0 Å². The molecule has 0 fully saturated rings. The van der Waals surface area contributed by atoms with Gasteiger partial charge in [-0.2, -0.15) is 0 Å². The highest BCUT2D eigenvalue weighted by molar-refractivity contribution is 5.81. The van der Waals surface area contributed by atoms with Crippen LogP contribution in [0.5, 0.6) is 0 Å². The zero-order valence-corrected chi connectivity index (χ0v) is 12.2. The van der Waals surface area contributed by atoms with Crippen LogP contribution in [0, 0.1) is 6.92 Å². The lowest BCUT2D eigenvalue weighted by Crippen LogP contribution is -1.92. The van der Waals surface area contributed by atoms with E-state index in [1.807, 2.05) is 13.1 Å². The molecule has 0 aliphatic rings. The quantitative estimate of drug-likeness (QED) is 0.489. The smallest absolute Gasteiger partial charge is 0.0729 e. The molecule has 96 valence electrons. The van der Waals surface area contributed by atoms with Crippen LogP contribution in [0.2, 0.25) is 0 Å². The van der Waals surface area contributed by atoms with Crippen LogP contribution >= 0.6 is 0 Å². The fourth-order valence-electron chi connectivity index (χ4n) is 2.12. The van der Waals surface area contributed by atoms with Crippen molar-refractivity contribution in [2.75, 3.05) is 0 Å². The summed E-state index contributed by atoms with van der Waals surface area (Å²) in [6.07, 6.45) is 2.85. The maximum Gasteiger partial charge on any atom is 0.0729 e. The van der Waals surface area contributed by atoms with Crippen LogP contribution in [0.3, 0.4) is 0 Å². The summed E-state index contributed by atoms with van der Waals surface area (Å²) in [4.78, 5) is 4.53. The van der Waals surface area contributed by atoms with E-state index in [0.29, 0.717) is 0 Å². The van der Waals surface area contributed by atoms with Gasteiger partial charge in [-0.15, -0.1) is 0 Å². The van der Waals surface area contributed by atoms with Gasteiger partial charge in [-0.25, -0.2) is 0 Å². The molecule has 1 nitrogen and oxygen atoms in total. The molecule has 0 heterocycles. The molecule has 1 heteroatoms. The van der Waals surface area contributed by atoms with E-state index in [2.05, 4.69) is 57.5 Å². The number of hydrogen-bond donors (Lipinski definition) is 0. The minimum atomic E-state index is 0.994. The van der Waals surface area contributed by atoms with Crippen molar-refractivity contribution in [2.24, 2.45) is 4.99 Å². The van der Waals surface area contributed by atoms with E-state index in [1.165, 1.54) is 22.3 Å². The maximum atomic E-state index is 4.53. The third kappa shape index (κ3) is 2.98. The summed E-state index contributed by atoms with van der Waals surface area (Å²) < 4.78 is 0. The first-order valence-electron chi connectivity index (χ1n) is 6.47. The Morgan fingerprint density at radius 2 is 2.00 bits per heavy atom. The minimum absolute atomic E-state index is 0.994. The molecular weight excluding hydrogens is 218 g/mol. The maximum absolute atomic E-state index is 4.53. The van der Waals surface area contributed by atoms with Crippen LogP contribution in [0.4, 0.5) is 5.69 Å². The molecule has 0 bridgehead atoms. The number of allylic oxidation sites excluding steroid dienone is 3. The number of aryl methyl sites for hydroxylation is 1. The highest BCUT2D eigenvalue weighted by Crippen LogP contribution is 2.34. The second-order valence-corrected chi connectivity index (χ2v) is 4.60. The number of aliphatic imine (C=N–C) groups is 1. The molecule has 0 N–H and O–H groups in total. The number of para-hydroxylation sites is 1. The Hall–Kier alpha value is -1.63. The van der Waals surface area contributed by atoms with Gasteiger partial charge in [-0.05, 0) is 50.8 Å². The Kier molecular flexibility index (Phi) is 5.08. The third-order valence-electron chi connectivity index (χ3n) is 3.27. The van der Waals surface area contributed by atoms with Crippen molar-refractivity contribution in [1.29, 1.82) is 0 Å². The fraction of sp³-hybridized carbons (Fsp3) is 0.353. The van der Waals surface area contributed by atoms with Crippen LogP contribution in [-0.2, 0) is 0 Å². The second kappa shape index (κ2) is 6.34. The van der Waals surface area contributed by atoms with Crippen LogP contribution in [0.1, 0.15) is 45.2 Å². The molecule has 0 aliphatic heterocycles. The summed E-state index contributed by atoms with van der Waals surface area (Å²) in [6.45, 7) is 14.5. The van der Waals surface area contributed by atoms with Crippen molar-refractivity contribution in [2.45, 2.75) is 41.0 Å². The van der Waals surface area contributed by atoms with Crippen molar-refractivity contribution >= 4 is 17.5 Å². The average molecular weight is 241 g/mol. The molecule has 0 aromatic heterocycles. The lowest BCUT2D eigenvalue weighted by Gasteiger charge is -2.15. The van der Waals surface area contributed by atoms with Gasteiger partial charge in [0.15, 0.2) is 0 Å². The molecule has 18 heavy (non-hydrogen) atoms. The Balaban J connectivity index is 3.53. The van der Waals surface area contributed by atoms with Crippen molar-refractivity contribution in [3.8, 4) is 0 Å². The number of hydrogen-bond acceptors (Lipinski definition) is 1. The summed E-state index contributed by atoms with van der Waals surface area (Å²) in [6, 6.07) is 6.36. The molecular formula is C17H23N. The average Bonchev–Trinajstić information content (AvgIpc) is 2.34. The van der Waals surface area contributed by atoms with Crippen LogP contribution in [0.25, 0.3) is 5.57 Å². The Morgan fingerprint density at radius 1 is 1.33 bits per heavy atom. The van der Waals surface area contributed by atoms with Gasteiger partial charge >= 0.3 is 0 Å². The predicted octanol–water partition coefficient (Wildman–Crippen LogP) is 5.48. The molecule has 0 unspecified atom stereocenters.